The second-order valence-electron chi connectivity index (χ2n) is 5.46. The van der Waals surface area contributed by atoms with E-state index in [4.69, 9.17) is 0 Å². The topological polar surface area (TPSA) is 61.4 Å². The Hall–Kier alpha value is -2.89. The van der Waals surface area contributed by atoms with Crippen molar-refractivity contribution in [3.8, 4) is 0 Å². The zero-order valence-electron chi connectivity index (χ0n) is 14.4. The van der Waals surface area contributed by atoms with Gasteiger partial charge in [-0.15, -0.1) is 0 Å². The van der Waals surface area contributed by atoms with E-state index in [1.807, 2.05) is 13.8 Å². The van der Waals surface area contributed by atoms with Crippen molar-refractivity contribution < 1.29 is 14.0 Å². The smallest absolute Gasteiger partial charge is 0.253 e. The summed E-state index contributed by atoms with van der Waals surface area (Å²) < 4.78 is 12.8. The van der Waals surface area contributed by atoms with Crippen LogP contribution in [0.1, 0.15) is 24.2 Å². The monoisotopic (exact) mass is 343 g/mol. The van der Waals surface area contributed by atoms with E-state index in [0.717, 1.165) is 5.69 Å². The van der Waals surface area contributed by atoms with Gasteiger partial charge in [0.1, 0.15) is 5.82 Å². The number of amides is 2. The number of rotatable bonds is 7. The zero-order chi connectivity index (χ0) is 18.2. The first-order valence-corrected chi connectivity index (χ1v) is 8.22. The maximum absolute atomic E-state index is 12.8. The molecule has 0 unspecified atom stereocenters. The molecule has 0 aliphatic carbocycles. The van der Waals surface area contributed by atoms with Gasteiger partial charge in [0.25, 0.3) is 5.91 Å². The van der Waals surface area contributed by atoms with Crippen molar-refractivity contribution in [1.82, 2.24) is 4.90 Å². The van der Waals surface area contributed by atoms with Crippen molar-refractivity contribution in [1.29, 1.82) is 0 Å². The third kappa shape index (κ3) is 5.31. The fourth-order valence-corrected chi connectivity index (χ4v) is 2.34. The Morgan fingerprint density at radius 2 is 1.48 bits per heavy atom. The first-order valence-electron chi connectivity index (χ1n) is 8.22. The van der Waals surface area contributed by atoms with Gasteiger partial charge in [-0.2, -0.15) is 0 Å². The summed E-state index contributed by atoms with van der Waals surface area (Å²) in [6, 6.07) is 12.6. The van der Waals surface area contributed by atoms with Crippen LogP contribution in [-0.4, -0.2) is 36.3 Å². The van der Waals surface area contributed by atoms with Crippen LogP contribution in [0.15, 0.2) is 48.5 Å². The van der Waals surface area contributed by atoms with E-state index in [1.165, 1.54) is 24.3 Å². The van der Waals surface area contributed by atoms with Crippen LogP contribution in [0.25, 0.3) is 0 Å². The molecule has 5 nitrogen and oxygen atoms in total. The number of hydrogen-bond acceptors (Lipinski definition) is 3. The third-order valence-corrected chi connectivity index (χ3v) is 3.76. The molecule has 0 fully saturated rings. The number of nitrogens with zero attached hydrogens (tertiary/aromatic N) is 1. The van der Waals surface area contributed by atoms with Crippen LogP contribution in [0, 0.1) is 5.82 Å². The van der Waals surface area contributed by atoms with Crippen LogP contribution in [0.3, 0.4) is 0 Å². The fraction of sp³-hybridized carbons (Fsp3) is 0.263. The molecule has 6 heteroatoms. The van der Waals surface area contributed by atoms with Crippen molar-refractivity contribution in [3.05, 3.63) is 59.9 Å². The number of halogens is 1. The molecule has 0 aliphatic heterocycles. The van der Waals surface area contributed by atoms with Gasteiger partial charge in [-0.25, -0.2) is 4.39 Å². The molecule has 0 saturated heterocycles. The summed E-state index contributed by atoms with van der Waals surface area (Å²) in [6.07, 6.45) is 0. The summed E-state index contributed by atoms with van der Waals surface area (Å²) in [4.78, 5) is 25.9. The van der Waals surface area contributed by atoms with Crippen LogP contribution in [0.2, 0.25) is 0 Å². The number of carbonyl (C=O) groups excluding carboxylic acids is 2. The third-order valence-electron chi connectivity index (χ3n) is 3.76. The molecule has 2 aromatic carbocycles. The molecule has 132 valence electrons. The highest BCUT2D eigenvalue weighted by atomic mass is 19.1. The van der Waals surface area contributed by atoms with Crippen molar-refractivity contribution in [2.75, 3.05) is 30.3 Å². The van der Waals surface area contributed by atoms with E-state index in [2.05, 4.69) is 10.6 Å². The van der Waals surface area contributed by atoms with Crippen molar-refractivity contribution in [2.45, 2.75) is 13.8 Å². The quantitative estimate of drug-likeness (QED) is 0.810. The molecule has 0 heterocycles. The molecule has 0 atom stereocenters. The van der Waals surface area contributed by atoms with Crippen molar-refractivity contribution >= 4 is 23.2 Å². The Morgan fingerprint density at radius 1 is 0.920 bits per heavy atom. The number of nitrogens with one attached hydrogen (secondary N) is 2. The Bertz CT molecular complexity index is 710. The minimum Gasteiger partial charge on any atom is -0.376 e. The Balaban J connectivity index is 1.87. The standard InChI is InChI=1S/C19H22FN3O2/c1-3-23(4-2)19(25)14-5-9-16(10-6-14)21-13-18(24)22-17-11-7-15(20)8-12-17/h5-12,21H,3-4,13H2,1-2H3,(H,22,24). The Labute approximate surface area is 146 Å². The second kappa shape index (κ2) is 8.82. The summed E-state index contributed by atoms with van der Waals surface area (Å²) in [5.41, 5.74) is 1.89. The van der Waals surface area contributed by atoms with Gasteiger partial charge < -0.3 is 15.5 Å². The normalized spacial score (nSPS) is 10.2. The molecule has 2 amide bonds. The minimum absolute atomic E-state index is 0.00870. The Kier molecular flexibility index (Phi) is 6.51. The van der Waals surface area contributed by atoms with Gasteiger partial charge in [0.15, 0.2) is 0 Å². The summed E-state index contributed by atoms with van der Waals surface area (Å²) in [6.45, 7) is 5.28. The van der Waals surface area contributed by atoms with Crippen molar-refractivity contribution in [3.63, 3.8) is 0 Å². The number of carbonyl (C=O) groups is 2. The lowest BCUT2D eigenvalue weighted by molar-refractivity contribution is -0.114. The van der Waals surface area contributed by atoms with Crippen LogP contribution in [-0.2, 0) is 4.79 Å². The van der Waals surface area contributed by atoms with E-state index >= 15 is 0 Å². The molecular formula is C19H22FN3O2. The molecule has 2 aromatic rings. The summed E-state index contributed by atoms with van der Waals surface area (Å²) in [5.74, 6) is -0.601. The maximum Gasteiger partial charge on any atom is 0.253 e. The van der Waals surface area contributed by atoms with Crippen LogP contribution < -0.4 is 10.6 Å². The number of anilines is 2. The highest BCUT2D eigenvalue weighted by Crippen LogP contribution is 2.12. The molecule has 25 heavy (non-hydrogen) atoms. The molecule has 2 rings (SSSR count). The summed E-state index contributed by atoms with van der Waals surface area (Å²) >= 11 is 0. The van der Waals surface area contributed by atoms with E-state index < -0.39 is 0 Å². The van der Waals surface area contributed by atoms with Crippen LogP contribution in [0.4, 0.5) is 15.8 Å². The van der Waals surface area contributed by atoms with Gasteiger partial charge in [-0.1, -0.05) is 0 Å². The van der Waals surface area contributed by atoms with Gasteiger partial charge >= 0.3 is 0 Å². The minimum atomic E-state index is -0.351. The maximum atomic E-state index is 12.8. The average molecular weight is 343 g/mol. The molecule has 0 aliphatic rings. The van der Waals surface area contributed by atoms with Crippen LogP contribution >= 0.6 is 0 Å². The fourth-order valence-electron chi connectivity index (χ4n) is 2.34. The molecule has 0 aromatic heterocycles. The zero-order valence-corrected chi connectivity index (χ0v) is 14.4. The number of benzene rings is 2. The lowest BCUT2D eigenvalue weighted by Crippen LogP contribution is -2.30. The summed E-state index contributed by atoms with van der Waals surface area (Å²) in [7, 11) is 0. The van der Waals surface area contributed by atoms with E-state index in [-0.39, 0.29) is 24.2 Å². The Morgan fingerprint density at radius 3 is 2.04 bits per heavy atom. The predicted molar refractivity (Wildman–Crippen MR) is 97.2 cm³/mol. The molecule has 0 bridgehead atoms. The molecule has 0 radical (unpaired) electrons. The van der Waals surface area contributed by atoms with Gasteiger partial charge in [0.05, 0.1) is 6.54 Å². The first-order chi connectivity index (χ1) is 12.0. The highest BCUT2D eigenvalue weighted by molar-refractivity contribution is 5.95. The van der Waals surface area contributed by atoms with Gasteiger partial charge in [0.2, 0.25) is 5.91 Å². The van der Waals surface area contributed by atoms with E-state index in [0.29, 0.717) is 24.3 Å². The molecule has 0 spiro atoms. The lowest BCUT2D eigenvalue weighted by Gasteiger charge is -2.18. The summed E-state index contributed by atoms with van der Waals surface area (Å²) in [5, 5.41) is 5.66. The van der Waals surface area contributed by atoms with Gasteiger partial charge in [-0.05, 0) is 62.4 Å². The van der Waals surface area contributed by atoms with Gasteiger partial charge in [-0.3, -0.25) is 9.59 Å². The predicted octanol–water partition coefficient (Wildman–Crippen LogP) is 3.36. The van der Waals surface area contributed by atoms with E-state index in [9.17, 15) is 14.0 Å². The highest BCUT2D eigenvalue weighted by Gasteiger charge is 2.12. The van der Waals surface area contributed by atoms with Crippen LogP contribution in [0.5, 0.6) is 0 Å². The first kappa shape index (κ1) is 18.4. The molecular weight excluding hydrogens is 321 g/mol. The van der Waals surface area contributed by atoms with E-state index in [1.54, 1.807) is 29.2 Å². The number of hydrogen-bond donors (Lipinski definition) is 2. The molecule has 2 N–H and O–H groups in total. The lowest BCUT2D eigenvalue weighted by atomic mass is 10.2. The molecule has 0 saturated carbocycles. The van der Waals surface area contributed by atoms with Gasteiger partial charge in [0, 0.05) is 30.0 Å². The average Bonchev–Trinajstić information content (AvgIpc) is 2.63. The largest absolute Gasteiger partial charge is 0.376 e. The SMILES string of the molecule is CCN(CC)C(=O)c1ccc(NCC(=O)Nc2ccc(F)cc2)cc1. The second-order valence-corrected chi connectivity index (χ2v) is 5.46. The van der Waals surface area contributed by atoms with Crippen molar-refractivity contribution in [2.24, 2.45) is 0 Å².